The van der Waals surface area contributed by atoms with Gasteiger partial charge >= 0.3 is 0 Å². The lowest BCUT2D eigenvalue weighted by atomic mass is 10.0. The lowest BCUT2D eigenvalue weighted by Gasteiger charge is -2.21. The van der Waals surface area contributed by atoms with Gasteiger partial charge in [0.25, 0.3) is 11.1 Å². The Balaban J connectivity index is 1.36. The van der Waals surface area contributed by atoms with Crippen LogP contribution in [0.5, 0.6) is 5.75 Å². The molecule has 1 aromatic heterocycles. The summed E-state index contributed by atoms with van der Waals surface area (Å²) in [5.74, 6) is 0.281. The van der Waals surface area contributed by atoms with E-state index in [1.54, 1.807) is 36.4 Å². The molecule has 0 atom stereocenters. The second-order valence-electron chi connectivity index (χ2n) is 9.19. The van der Waals surface area contributed by atoms with Gasteiger partial charge in [0.1, 0.15) is 5.75 Å². The van der Waals surface area contributed by atoms with Crippen LogP contribution in [0.4, 0.5) is 5.69 Å². The number of rotatable bonds is 9. The Kier molecular flexibility index (Phi) is 8.57. The maximum absolute atomic E-state index is 13.0. The number of carbonyl (C=O) groups excluding carboxylic acids is 1. The number of benzene rings is 4. The molecule has 0 aliphatic heterocycles. The molecule has 4 aromatic carbocycles. The molecule has 0 fully saturated rings. The SMILES string of the molecule is C=CCN(CC=C)C(=S)Oc1ccc(C(=O)Nc2ccc3nc(-c4ccccc4)c(-c4ccccc4)nc3c2)cc1. The Labute approximate surface area is 244 Å². The van der Waals surface area contributed by atoms with Crippen LogP contribution >= 0.6 is 12.2 Å². The van der Waals surface area contributed by atoms with Crippen molar-refractivity contribution in [3.05, 3.63) is 134 Å². The van der Waals surface area contributed by atoms with Crippen LogP contribution in [0.1, 0.15) is 10.4 Å². The number of anilines is 1. The van der Waals surface area contributed by atoms with Gasteiger partial charge in [-0.05, 0) is 54.7 Å². The van der Waals surface area contributed by atoms with Gasteiger partial charge in [-0.15, -0.1) is 13.2 Å². The molecule has 0 radical (unpaired) electrons. The second kappa shape index (κ2) is 12.8. The minimum Gasteiger partial charge on any atom is -0.432 e. The molecule has 0 saturated carbocycles. The zero-order valence-corrected chi connectivity index (χ0v) is 23.2. The Morgan fingerprint density at radius 2 is 1.34 bits per heavy atom. The summed E-state index contributed by atoms with van der Waals surface area (Å²) in [5, 5.41) is 3.27. The molecular weight excluding hydrogens is 528 g/mol. The maximum Gasteiger partial charge on any atom is 0.265 e. The van der Waals surface area contributed by atoms with Crippen molar-refractivity contribution in [1.29, 1.82) is 0 Å². The van der Waals surface area contributed by atoms with E-state index >= 15 is 0 Å². The third-order valence-electron chi connectivity index (χ3n) is 6.30. The topological polar surface area (TPSA) is 67.3 Å². The molecule has 202 valence electrons. The fraction of sp³-hybridized carbons (Fsp3) is 0.0588. The van der Waals surface area contributed by atoms with Gasteiger partial charge in [-0.1, -0.05) is 72.8 Å². The average molecular weight is 557 g/mol. The minimum absolute atomic E-state index is 0.254. The van der Waals surface area contributed by atoms with E-state index < -0.39 is 0 Å². The number of aromatic nitrogens is 2. The van der Waals surface area contributed by atoms with Crippen molar-refractivity contribution in [2.75, 3.05) is 18.4 Å². The number of hydrogen-bond donors (Lipinski definition) is 1. The molecule has 41 heavy (non-hydrogen) atoms. The zero-order chi connectivity index (χ0) is 28.6. The quantitative estimate of drug-likeness (QED) is 0.149. The highest BCUT2D eigenvalue weighted by atomic mass is 32.1. The van der Waals surface area contributed by atoms with Gasteiger partial charge in [-0.25, -0.2) is 9.97 Å². The molecule has 6 nitrogen and oxygen atoms in total. The molecule has 7 heteroatoms. The van der Waals surface area contributed by atoms with Gasteiger partial charge in [0.15, 0.2) is 0 Å². The first-order valence-corrected chi connectivity index (χ1v) is 13.5. The lowest BCUT2D eigenvalue weighted by molar-refractivity contribution is 0.102. The normalized spacial score (nSPS) is 10.5. The Hall–Kier alpha value is -5.14. The van der Waals surface area contributed by atoms with Gasteiger partial charge < -0.3 is 15.0 Å². The molecule has 0 aliphatic rings. The first-order valence-electron chi connectivity index (χ1n) is 13.1. The monoisotopic (exact) mass is 556 g/mol. The fourth-order valence-corrected chi connectivity index (χ4v) is 4.55. The molecule has 0 aliphatic carbocycles. The number of ether oxygens (including phenoxy) is 1. The van der Waals surface area contributed by atoms with Crippen LogP contribution in [0.3, 0.4) is 0 Å². The van der Waals surface area contributed by atoms with Gasteiger partial charge in [0.2, 0.25) is 0 Å². The van der Waals surface area contributed by atoms with E-state index in [1.165, 1.54) is 0 Å². The highest BCUT2D eigenvalue weighted by Crippen LogP contribution is 2.31. The van der Waals surface area contributed by atoms with Crippen molar-refractivity contribution in [2.24, 2.45) is 0 Å². The third kappa shape index (κ3) is 6.54. The van der Waals surface area contributed by atoms with Gasteiger partial charge in [0, 0.05) is 35.5 Å². The summed E-state index contributed by atoms with van der Waals surface area (Å²) >= 11 is 5.39. The summed E-state index contributed by atoms with van der Waals surface area (Å²) in [5.41, 5.74) is 6.06. The summed E-state index contributed by atoms with van der Waals surface area (Å²) in [6, 6.07) is 32.3. The van der Waals surface area contributed by atoms with Gasteiger partial charge in [-0.3, -0.25) is 4.79 Å². The first-order chi connectivity index (χ1) is 20.1. The van der Waals surface area contributed by atoms with Crippen LogP contribution in [-0.4, -0.2) is 39.0 Å². The fourth-order valence-electron chi connectivity index (χ4n) is 4.30. The summed E-state index contributed by atoms with van der Waals surface area (Å²) in [6.07, 6.45) is 3.49. The maximum atomic E-state index is 13.0. The molecular formula is C34H28N4O2S. The molecule has 0 spiro atoms. The summed E-state index contributed by atoms with van der Waals surface area (Å²) in [6.45, 7) is 8.58. The second-order valence-corrected chi connectivity index (χ2v) is 9.53. The third-order valence-corrected chi connectivity index (χ3v) is 6.64. The van der Waals surface area contributed by atoms with E-state index in [4.69, 9.17) is 26.9 Å². The lowest BCUT2D eigenvalue weighted by Crippen LogP contribution is -2.33. The molecule has 5 aromatic rings. The molecule has 1 amide bonds. The van der Waals surface area contributed by atoms with Crippen LogP contribution in [0.15, 0.2) is 128 Å². The van der Waals surface area contributed by atoms with Crippen molar-refractivity contribution in [3.63, 3.8) is 0 Å². The highest BCUT2D eigenvalue weighted by Gasteiger charge is 2.15. The Morgan fingerprint density at radius 1 is 0.780 bits per heavy atom. The van der Waals surface area contributed by atoms with Crippen molar-refractivity contribution in [2.45, 2.75) is 0 Å². The highest BCUT2D eigenvalue weighted by molar-refractivity contribution is 7.80. The van der Waals surface area contributed by atoms with E-state index in [2.05, 4.69) is 18.5 Å². The minimum atomic E-state index is -0.254. The van der Waals surface area contributed by atoms with Crippen LogP contribution in [-0.2, 0) is 0 Å². The number of fused-ring (bicyclic) bond motifs is 1. The molecule has 1 heterocycles. The Morgan fingerprint density at radius 3 is 1.90 bits per heavy atom. The van der Waals surface area contributed by atoms with Gasteiger partial charge in [-0.2, -0.15) is 0 Å². The largest absolute Gasteiger partial charge is 0.432 e. The zero-order valence-electron chi connectivity index (χ0n) is 22.4. The van der Waals surface area contributed by atoms with E-state index in [0.29, 0.717) is 40.8 Å². The van der Waals surface area contributed by atoms with Crippen LogP contribution < -0.4 is 10.1 Å². The number of nitrogens with one attached hydrogen (secondary N) is 1. The van der Waals surface area contributed by atoms with Crippen molar-refractivity contribution in [3.8, 4) is 28.3 Å². The number of thiocarbonyl (C=S) groups is 1. The Bertz CT molecular complexity index is 1690. The number of amides is 1. The van der Waals surface area contributed by atoms with Crippen LogP contribution in [0.25, 0.3) is 33.5 Å². The van der Waals surface area contributed by atoms with E-state index in [-0.39, 0.29) is 5.91 Å². The standard InChI is InChI=1S/C34H28N4O2S/c1-3-21-38(22-4-2)34(41)40-28-18-15-26(16-19-28)33(39)35-27-17-20-29-30(23-27)37-32(25-13-9-6-10-14-25)31(36-29)24-11-7-5-8-12-24/h3-20,23H,1-2,21-22H2,(H,35,39). The summed E-state index contributed by atoms with van der Waals surface area (Å²) in [4.78, 5) is 24.8. The van der Waals surface area contributed by atoms with E-state index in [0.717, 1.165) is 28.0 Å². The average Bonchev–Trinajstić information content (AvgIpc) is 3.01. The molecule has 0 saturated heterocycles. The van der Waals surface area contributed by atoms with Crippen molar-refractivity contribution in [1.82, 2.24) is 14.9 Å². The molecule has 0 unspecified atom stereocenters. The first kappa shape index (κ1) is 27.4. The van der Waals surface area contributed by atoms with Gasteiger partial charge in [0.05, 0.1) is 22.4 Å². The number of nitrogens with zero attached hydrogens (tertiary/aromatic N) is 3. The van der Waals surface area contributed by atoms with Crippen molar-refractivity contribution < 1.29 is 9.53 Å². The van der Waals surface area contributed by atoms with Crippen LogP contribution in [0, 0.1) is 0 Å². The summed E-state index contributed by atoms with van der Waals surface area (Å²) in [7, 11) is 0. The predicted octanol–water partition coefficient (Wildman–Crippen LogP) is 7.55. The van der Waals surface area contributed by atoms with Crippen LogP contribution in [0.2, 0.25) is 0 Å². The van der Waals surface area contributed by atoms with E-state index in [9.17, 15) is 4.79 Å². The number of carbonyl (C=O) groups is 1. The molecule has 1 N–H and O–H groups in total. The smallest absolute Gasteiger partial charge is 0.265 e. The molecule has 5 rings (SSSR count). The predicted molar refractivity (Wildman–Crippen MR) is 170 cm³/mol. The van der Waals surface area contributed by atoms with E-state index in [1.807, 2.05) is 83.8 Å². The molecule has 0 bridgehead atoms. The van der Waals surface area contributed by atoms with Crippen molar-refractivity contribution >= 4 is 40.0 Å². The summed E-state index contributed by atoms with van der Waals surface area (Å²) < 4.78 is 5.79. The number of hydrogen-bond acceptors (Lipinski definition) is 5.